The van der Waals surface area contributed by atoms with E-state index >= 15 is 0 Å². The Hall–Kier alpha value is -5.15. The molecule has 0 spiro atoms. The molecule has 1 aliphatic heterocycles. The summed E-state index contributed by atoms with van der Waals surface area (Å²) >= 11 is 6.48. The summed E-state index contributed by atoms with van der Waals surface area (Å²) in [5, 5.41) is 18.9. The van der Waals surface area contributed by atoms with Gasteiger partial charge in [-0.25, -0.2) is 0 Å². The normalized spacial score (nSPS) is 13.9. The van der Waals surface area contributed by atoms with Crippen LogP contribution in [0.15, 0.2) is 78.9 Å². The number of hydrogen-bond acceptors (Lipinski definition) is 7. The number of aromatic amines is 1. The van der Waals surface area contributed by atoms with E-state index in [1.807, 2.05) is 73.7 Å². The van der Waals surface area contributed by atoms with E-state index in [1.54, 1.807) is 38.4 Å². The highest BCUT2D eigenvalue weighted by molar-refractivity contribution is 6.31. The quantitative estimate of drug-likeness (QED) is 0.158. The zero-order chi connectivity index (χ0) is 32.4. The first-order chi connectivity index (χ1) is 22.3. The number of fused-ring (bicyclic) bond motifs is 1. The minimum absolute atomic E-state index is 0.0217. The van der Waals surface area contributed by atoms with Gasteiger partial charge in [-0.3, -0.25) is 9.89 Å². The summed E-state index contributed by atoms with van der Waals surface area (Å²) in [6.45, 7) is 2.58. The molecule has 0 fully saturated rings. The minimum Gasteiger partial charge on any atom is -0.507 e. The van der Waals surface area contributed by atoms with Gasteiger partial charge in [-0.15, -0.1) is 0 Å². The van der Waals surface area contributed by atoms with Gasteiger partial charge in [0.2, 0.25) is 0 Å². The molecular formula is C36H34ClN3O6. The van der Waals surface area contributed by atoms with Crippen LogP contribution in [0.25, 0.3) is 11.3 Å². The smallest absolute Gasteiger partial charge is 0.273 e. The van der Waals surface area contributed by atoms with Crippen molar-refractivity contribution >= 4 is 17.5 Å². The van der Waals surface area contributed by atoms with Crippen LogP contribution in [0.5, 0.6) is 28.7 Å². The van der Waals surface area contributed by atoms with E-state index in [4.69, 9.17) is 30.5 Å². The number of aryl methyl sites for hydroxylation is 1. The highest BCUT2D eigenvalue weighted by Crippen LogP contribution is 2.47. The molecular weight excluding hydrogens is 606 g/mol. The second kappa shape index (κ2) is 13.1. The van der Waals surface area contributed by atoms with Crippen molar-refractivity contribution in [2.24, 2.45) is 0 Å². The largest absolute Gasteiger partial charge is 0.507 e. The van der Waals surface area contributed by atoms with Crippen LogP contribution in [-0.4, -0.2) is 54.0 Å². The van der Waals surface area contributed by atoms with Gasteiger partial charge in [0.05, 0.1) is 27.4 Å². The number of phenolic OH excluding ortho intramolecular Hbond substituents is 1. The first kappa shape index (κ1) is 30.9. The molecule has 10 heteroatoms. The summed E-state index contributed by atoms with van der Waals surface area (Å²) in [5.41, 5.74) is 5.41. The minimum atomic E-state index is -0.548. The lowest BCUT2D eigenvalue weighted by Gasteiger charge is -2.27. The van der Waals surface area contributed by atoms with Crippen molar-refractivity contribution in [3.05, 3.63) is 117 Å². The van der Waals surface area contributed by atoms with Gasteiger partial charge in [-0.1, -0.05) is 54.1 Å². The average Bonchev–Trinajstić information content (AvgIpc) is 3.62. The number of carbonyl (C=O) groups excluding carboxylic acids is 1. The van der Waals surface area contributed by atoms with Gasteiger partial charge >= 0.3 is 0 Å². The molecule has 1 aliphatic rings. The molecule has 236 valence electrons. The molecule has 0 saturated carbocycles. The Kier molecular flexibility index (Phi) is 8.76. The third kappa shape index (κ3) is 5.81. The summed E-state index contributed by atoms with van der Waals surface area (Å²) in [6.07, 6.45) is 0.548. The molecule has 6 rings (SSSR count). The van der Waals surface area contributed by atoms with Gasteiger partial charge in [-0.2, -0.15) is 5.10 Å². The Morgan fingerprint density at radius 1 is 0.870 bits per heavy atom. The molecule has 0 saturated heterocycles. The summed E-state index contributed by atoms with van der Waals surface area (Å²) in [4.78, 5) is 15.8. The molecule has 1 atom stereocenters. The van der Waals surface area contributed by atoms with Gasteiger partial charge in [0.1, 0.15) is 23.7 Å². The predicted octanol–water partition coefficient (Wildman–Crippen LogP) is 7.14. The zero-order valence-electron chi connectivity index (χ0n) is 26.0. The number of phenols is 1. The van der Waals surface area contributed by atoms with E-state index < -0.39 is 6.04 Å². The van der Waals surface area contributed by atoms with E-state index in [9.17, 15) is 9.90 Å². The fraction of sp³-hybridized carbons (Fsp3) is 0.222. The van der Waals surface area contributed by atoms with Crippen LogP contribution in [0.2, 0.25) is 5.02 Å². The maximum absolute atomic E-state index is 14.0. The van der Waals surface area contributed by atoms with Crippen molar-refractivity contribution in [1.82, 2.24) is 15.1 Å². The number of methoxy groups -OCH3 is 3. The SMILES string of the molecule is COc1ccc(CCN2C(=O)c3[nH]nc(-c4cc(Cl)c(C)cc4O)c3C2c2ccc(OCc3ccccc3)c(OC)c2)cc1OC. The van der Waals surface area contributed by atoms with E-state index in [0.29, 0.717) is 70.1 Å². The Morgan fingerprint density at radius 2 is 1.59 bits per heavy atom. The number of amides is 1. The van der Waals surface area contributed by atoms with Gasteiger partial charge < -0.3 is 29.0 Å². The summed E-state index contributed by atoms with van der Waals surface area (Å²) in [5.74, 6) is 2.16. The lowest BCUT2D eigenvalue weighted by molar-refractivity contribution is 0.0745. The number of nitrogens with zero attached hydrogens (tertiary/aromatic N) is 2. The number of halogens is 1. The van der Waals surface area contributed by atoms with Crippen LogP contribution in [0.1, 0.15) is 44.3 Å². The lowest BCUT2D eigenvalue weighted by Crippen LogP contribution is -2.31. The lowest BCUT2D eigenvalue weighted by atomic mass is 9.94. The maximum atomic E-state index is 14.0. The molecule has 46 heavy (non-hydrogen) atoms. The van der Waals surface area contributed by atoms with Crippen molar-refractivity contribution in [2.75, 3.05) is 27.9 Å². The van der Waals surface area contributed by atoms with Crippen molar-refractivity contribution in [3.63, 3.8) is 0 Å². The molecule has 1 unspecified atom stereocenters. The number of aromatic nitrogens is 2. The van der Waals surface area contributed by atoms with Gasteiger partial charge in [0.15, 0.2) is 23.0 Å². The first-order valence-corrected chi connectivity index (χ1v) is 15.1. The van der Waals surface area contributed by atoms with Crippen LogP contribution in [0, 0.1) is 6.92 Å². The number of hydrogen-bond donors (Lipinski definition) is 2. The molecule has 0 aliphatic carbocycles. The van der Waals surface area contributed by atoms with Gasteiger partial charge in [0, 0.05) is 22.7 Å². The molecule has 2 N–H and O–H groups in total. The van der Waals surface area contributed by atoms with E-state index in [2.05, 4.69) is 10.2 Å². The highest BCUT2D eigenvalue weighted by atomic mass is 35.5. The number of H-pyrrole nitrogens is 1. The van der Waals surface area contributed by atoms with E-state index in [0.717, 1.165) is 22.3 Å². The molecule has 4 aromatic carbocycles. The fourth-order valence-electron chi connectivity index (χ4n) is 5.83. The summed E-state index contributed by atoms with van der Waals surface area (Å²) in [7, 11) is 4.77. The summed E-state index contributed by atoms with van der Waals surface area (Å²) in [6, 6.07) is 24.0. The molecule has 0 bridgehead atoms. The number of rotatable bonds is 11. The second-order valence-corrected chi connectivity index (χ2v) is 11.4. The molecule has 0 radical (unpaired) electrons. The predicted molar refractivity (Wildman–Crippen MR) is 175 cm³/mol. The molecule has 9 nitrogen and oxygen atoms in total. The third-order valence-electron chi connectivity index (χ3n) is 8.23. The molecule has 1 aromatic heterocycles. The Balaban J connectivity index is 1.40. The second-order valence-electron chi connectivity index (χ2n) is 11.0. The van der Waals surface area contributed by atoms with Crippen molar-refractivity contribution < 1.29 is 28.8 Å². The Labute approximate surface area is 272 Å². The average molecular weight is 640 g/mol. The van der Waals surface area contributed by atoms with Gasteiger partial charge in [-0.05, 0) is 72.0 Å². The van der Waals surface area contributed by atoms with Gasteiger partial charge in [0.25, 0.3) is 5.91 Å². The topological polar surface area (TPSA) is 106 Å². The highest BCUT2D eigenvalue weighted by Gasteiger charge is 2.42. The van der Waals surface area contributed by atoms with E-state index in [1.165, 1.54) is 0 Å². The number of ether oxygens (including phenoxy) is 4. The van der Waals surface area contributed by atoms with Crippen LogP contribution < -0.4 is 18.9 Å². The number of nitrogens with one attached hydrogen (secondary N) is 1. The van der Waals surface area contributed by atoms with Crippen LogP contribution >= 0.6 is 11.6 Å². The number of carbonyl (C=O) groups is 1. The number of aromatic hydroxyl groups is 1. The summed E-state index contributed by atoms with van der Waals surface area (Å²) < 4.78 is 22.8. The maximum Gasteiger partial charge on any atom is 0.273 e. The van der Waals surface area contributed by atoms with E-state index in [-0.39, 0.29) is 11.7 Å². The third-order valence-corrected chi connectivity index (χ3v) is 8.63. The van der Waals surface area contributed by atoms with Crippen LogP contribution in [0.4, 0.5) is 0 Å². The zero-order valence-corrected chi connectivity index (χ0v) is 26.7. The molecule has 1 amide bonds. The molecule has 2 heterocycles. The number of benzene rings is 4. The Morgan fingerprint density at radius 3 is 2.33 bits per heavy atom. The first-order valence-electron chi connectivity index (χ1n) is 14.8. The monoisotopic (exact) mass is 639 g/mol. The Bertz CT molecular complexity index is 1890. The fourth-order valence-corrected chi connectivity index (χ4v) is 5.99. The molecule has 5 aromatic rings. The van der Waals surface area contributed by atoms with Crippen molar-refractivity contribution in [3.8, 4) is 40.0 Å². The van der Waals surface area contributed by atoms with Crippen LogP contribution in [0.3, 0.4) is 0 Å². The van der Waals surface area contributed by atoms with Crippen molar-refractivity contribution in [2.45, 2.75) is 26.0 Å². The standard InChI is InChI=1S/C36H34ClN3O6/c1-21-16-27(41)25(19-26(21)37)33-32-34(39-38-33)36(42)40(15-14-22-10-12-28(43-2)30(17-22)44-3)35(32)24-11-13-29(31(18-24)45-4)46-20-23-8-6-5-7-9-23/h5-13,16-19,35,41H,14-15,20H2,1-4H3,(H,38,39). The van der Waals surface area contributed by atoms with Crippen molar-refractivity contribution in [1.29, 1.82) is 0 Å². The van der Waals surface area contributed by atoms with Crippen LogP contribution in [-0.2, 0) is 13.0 Å².